The molecular weight excluding hydrogens is 323 g/mol. The predicted octanol–water partition coefficient (Wildman–Crippen LogP) is 3.05. The Balaban J connectivity index is 2.42. The first-order valence-electron chi connectivity index (χ1n) is 8.42. The van der Waals surface area contributed by atoms with Gasteiger partial charge in [0.25, 0.3) is 0 Å². The van der Waals surface area contributed by atoms with Crippen molar-refractivity contribution >= 4 is 19.1 Å². The highest BCUT2D eigenvalue weighted by Gasteiger charge is 2.54. The van der Waals surface area contributed by atoms with E-state index in [0.29, 0.717) is 5.56 Å². The topological polar surface area (TPSA) is 82.1 Å². The number of benzene rings is 1. The molecular formula is C18H25BO6. The summed E-state index contributed by atoms with van der Waals surface area (Å²) in [5, 5.41) is 9.50. The van der Waals surface area contributed by atoms with E-state index in [-0.39, 0.29) is 18.6 Å². The Bertz CT molecular complexity index is 639. The Morgan fingerprint density at radius 3 is 2.24 bits per heavy atom. The summed E-state index contributed by atoms with van der Waals surface area (Å²) in [5.41, 5.74) is -0.529. The van der Waals surface area contributed by atoms with Crippen molar-refractivity contribution in [2.75, 3.05) is 6.61 Å². The molecule has 1 saturated heterocycles. The average molecular weight is 348 g/mol. The van der Waals surface area contributed by atoms with Crippen LogP contribution < -0.4 is 0 Å². The summed E-state index contributed by atoms with van der Waals surface area (Å²) in [6.45, 7) is 9.65. The molecule has 0 aromatic heterocycles. The SMILES string of the molecule is CCOC(=O)CC(B1OC(C)(C)C(C)(C)O1)c1ccccc1C(=O)O. The van der Waals surface area contributed by atoms with Crippen LogP contribution in [0.25, 0.3) is 0 Å². The number of hydrogen-bond acceptors (Lipinski definition) is 5. The zero-order valence-electron chi connectivity index (χ0n) is 15.4. The summed E-state index contributed by atoms with van der Waals surface area (Å²) in [5.74, 6) is -2.05. The predicted molar refractivity (Wildman–Crippen MR) is 93.5 cm³/mol. The molecule has 0 bridgehead atoms. The second-order valence-electron chi connectivity index (χ2n) is 7.13. The van der Waals surface area contributed by atoms with E-state index in [9.17, 15) is 14.7 Å². The van der Waals surface area contributed by atoms with Gasteiger partial charge in [0.05, 0.1) is 29.8 Å². The van der Waals surface area contributed by atoms with Crippen LogP contribution in [0.15, 0.2) is 24.3 Å². The third kappa shape index (κ3) is 4.04. The van der Waals surface area contributed by atoms with Gasteiger partial charge in [0.15, 0.2) is 0 Å². The van der Waals surface area contributed by atoms with E-state index in [2.05, 4.69) is 0 Å². The number of esters is 1. The number of carbonyl (C=O) groups excluding carboxylic acids is 1. The van der Waals surface area contributed by atoms with Crippen molar-refractivity contribution in [2.45, 2.75) is 58.1 Å². The molecule has 0 amide bonds. The minimum Gasteiger partial charge on any atom is -0.478 e. The third-order valence-electron chi connectivity index (χ3n) is 4.88. The molecule has 0 saturated carbocycles. The molecule has 6 nitrogen and oxygen atoms in total. The summed E-state index contributed by atoms with van der Waals surface area (Å²) in [6.07, 6.45) is -0.0189. The molecule has 25 heavy (non-hydrogen) atoms. The lowest BCUT2D eigenvalue weighted by atomic mass is 9.65. The molecule has 1 aromatic carbocycles. The zero-order valence-corrected chi connectivity index (χ0v) is 15.4. The highest BCUT2D eigenvalue weighted by molar-refractivity contribution is 6.48. The van der Waals surface area contributed by atoms with Crippen LogP contribution in [0.2, 0.25) is 0 Å². The summed E-state index contributed by atoms with van der Waals surface area (Å²) in [7, 11) is -0.741. The van der Waals surface area contributed by atoms with Crippen LogP contribution in [-0.4, -0.2) is 42.0 Å². The van der Waals surface area contributed by atoms with Crippen LogP contribution in [0, 0.1) is 0 Å². The number of rotatable bonds is 6. The van der Waals surface area contributed by atoms with E-state index in [0.717, 1.165) is 0 Å². The largest absolute Gasteiger partial charge is 0.478 e. The first-order valence-corrected chi connectivity index (χ1v) is 8.42. The van der Waals surface area contributed by atoms with Gasteiger partial charge in [0.1, 0.15) is 0 Å². The average Bonchev–Trinajstić information content (AvgIpc) is 2.73. The maximum Gasteiger partial charge on any atom is 0.466 e. The summed E-state index contributed by atoms with van der Waals surface area (Å²) in [4.78, 5) is 23.7. The van der Waals surface area contributed by atoms with Crippen molar-refractivity contribution in [3.05, 3.63) is 35.4 Å². The fraction of sp³-hybridized carbons (Fsp3) is 0.556. The van der Waals surface area contributed by atoms with Crippen molar-refractivity contribution < 1.29 is 28.7 Å². The molecule has 1 heterocycles. The van der Waals surface area contributed by atoms with Crippen LogP contribution in [0.1, 0.15) is 62.8 Å². The van der Waals surface area contributed by atoms with Gasteiger partial charge in [-0.05, 0) is 46.2 Å². The van der Waals surface area contributed by atoms with Gasteiger partial charge in [-0.1, -0.05) is 18.2 Å². The van der Waals surface area contributed by atoms with Crippen molar-refractivity contribution in [2.24, 2.45) is 0 Å². The Morgan fingerprint density at radius 1 is 1.16 bits per heavy atom. The smallest absolute Gasteiger partial charge is 0.466 e. The quantitative estimate of drug-likeness (QED) is 0.629. The Kier molecular flexibility index (Phi) is 5.59. The van der Waals surface area contributed by atoms with Crippen molar-refractivity contribution in [3.8, 4) is 0 Å². The fourth-order valence-corrected chi connectivity index (χ4v) is 2.82. The molecule has 0 radical (unpaired) electrons. The lowest BCUT2D eigenvalue weighted by Gasteiger charge is -2.32. The maximum atomic E-state index is 12.1. The van der Waals surface area contributed by atoms with E-state index in [1.54, 1.807) is 25.1 Å². The first-order chi connectivity index (χ1) is 11.6. The minimum absolute atomic E-state index is 0.0189. The molecule has 2 rings (SSSR count). The lowest BCUT2D eigenvalue weighted by molar-refractivity contribution is -0.143. The Hall–Kier alpha value is -1.86. The molecule has 0 spiro atoms. The number of hydrogen-bond donors (Lipinski definition) is 1. The van der Waals surface area contributed by atoms with Gasteiger partial charge < -0.3 is 19.2 Å². The van der Waals surface area contributed by atoms with Crippen LogP contribution in [0.5, 0.6) is 0 Å². The number of carboxylic acid groups (broad SMARTS) is 1. The second kappa shape index (κ2) is 7.18. The molecule has 0 aliphatic carbocycles. The molecule has 1 atom stereocenters. The van der Waals surface area contributed by atoms with Crippen LogP contribution in [0.3, 0.4) is 0 Å². The van der Waals surface area contributed by atoms with Crippen LogP contribution in [-0.2, 0) is 18.8 Å². The molecule has 1 N–H and O–H groups in total. The second-order valence-corrected chi connectivity index (χ2v) is 7.13. The van der Waals surface area contributed by atoms with Gasteiger partial charge in [-0.2, -0.15) is 0 Å². The van der Waals surface area contributed by atoms with Crippen molar-refractivity contribution in [3.63, 3.8) is 0 Å². The summed E-state index contributed by atoms with van der Waals surface area (Å²) in [6, 6.07) is 6.60. The summed E-state index contributed by atoms with van der Waals surface area (Å²) < 4.78 is 17.2. The van der Waals surface area contributed by atoms with Crippen LogP contribution >= 0.6 is 0 Å². The highest BCUT2D eigenvalue weighted by Crippen LogP contribution is 2.42. The number of aromatic carboxylic acids is 1. The molecule has 1 aromatic rings. The zero-order chi connectivity index (χ0) is 18.8. The molecule has 1 unspecified atom stereocenters. The van der Waals surface area contributed by atoms with Gasteiger partial charge in [0.2, 0.25) is 0 Å². The minimum atomic E-state index is -1.05. The molecule has 7 heteroatoms. The van der Waals surface area contributed by atoms with E-state index in [1.807, 2.05) is 27.7 Å². The number of carboxylic acids is 1. The maximum absolute atomic E-state index is 12.1. The molecule has 1 fully saturated rings. The van der Waals surface area contributed by atoms with Crippen molar-refractivity contribution in [1.82, 2.24) is 0 Å². The first kappa shape index (κ1) is 19.5. The van der Waals surface area contributed by atoms with E-state index in [1.165, 1.54) is 6.07 Å². The van der Waals surface area contributed by atoms with Gasteiger partial charge >= 0.3 is 19.1 Å². The van der Waals surface area contributed by atoms with E-state index >= 15 is 0 Å². The van der Waals surface area contributed by atoms with E-state index < -0.39 is 36.1 Å². The van der Waals surface area contributed by atoms with Gasteiger partial charge in [0, 0.05) is 5.82 Å². The molecule has 1 aliphatic rings. The third-order valence-corrected chi connectivity index (χ3v) is 4.88. The highest BCUT2D eigenvalue weighted by atomic mass is 16.7. The number of carbonyl (C=O) groups is 2. The normalized spacial score (nSPS) is 19.5. The Morgan fingerprint density at radius 2 is 1.72 bits per heavy atom. The van der Waals surface area contributed by atoms with Crippen LogP contribution in [0.4, 0.5) is 0 Å². The number of ether oxygens (including phenoxy) is 1. The fourth-order valence-electron chi connectivity index (χ4n) is 2.82. The monoisotopic (exact) mass is 348 g/mol. The van der Waals surface area contributed by atoms with Crippen molar-refractivity contribution in [1.29, 1.82) is 0 Å². The van der Waals surface area contributed by atoms with Gasteiger partial charge in [-0.3, -0.25) is 4.79 Å². The van der Waals surface area contributed by atoms with Gasteiger partial charge in [-0.15, -0.1) is 0 Å². The molecule has 1 aliphatic heterocycles. The van der Waals surface area contributed by atoms with Gasteiger partial charge in [-0.25, -0.2) is 4.79 Å². The Labute approximate surface area is 148 Å². The van der Waals surface area contributed by atoms with E-state index in [4.69, 9.17) is 14.0 Å². The standard InChI is InChI=1S/C18H25BO6/c1-6-23-15(20)11-14(12-9-7-8-10-13(12)16(21)22)19-24-17(2,3)18(4,5)25-19/h7-10,14H,6,11H2,1-5H3,(H,21,22). The summed E-state index contributed by atoms with van der Waals surface area (Å²) >= 11 is 0. The lowest BCUT2D eigenvalue weighted by Crippen LogP contribution is -2.41. The molecule has 136 valence electrons.